The van der Waals surface area contributed by atoms with E-state index in [1.54, 1.807) is 0 Å². The van der Waals surface area contributed by atoms with Crippen molar-refractivity contribution in [3.63, 3.8) is 0 Å². The van der Waals surface area contributed by atoms with Gasteiger partial charge in [0.05, 0.1) is 6.33 Å². The van der Waals surface area contributed by atoms with Gasteiger partial charge < -0.3 is 15.0 Å². The molecule has 22 heavy (non-hydrogen) atoms. The van der Waals surface area contributed by atoms with E-state index in [1.165, 1.54) is 29.6 Å². The summed E-state index contributed by atoms with van der Waals surface area (Å²) in [5, 5.41) is 12.0. The normalized spacial score (nSPS) is 12.5. The standard InChI is InChI=1S/C13H19N5O4/c1-4-5-8(19)15-9(20)6-18-7-14-11-10(18)12(21)17(3)13(22)16(11)2/h7-8,19H,4-6H2,1-3H3,(H,15,20). The number of imidazole rings is 1. The minimum absolute atomic E-state index is 0.162. The number of amides is 1. The topological polar surface area (TPSA) is 111 Å². The molecule has 2 aromatic rings. The van der Waals surface area contributed by atoms with Crippen molar-refractivity contribution in [2.24, 2.45) is 14.1 Å². The largest absolute Gasteiger partial charge is 0.374 e. The number of rotatable bonds is 5. The maximum atomic E-state index is 12.2. The number of aryl methyl sites for hydroxylation is 1. The van der Waals surface area contributed by atoms with Gasteiger partial charge in [0.1, 0.15) is 12.8 Å². The monoisotopic (exact) mass is 309 g/mol. The second-order valence-corrected chi connectivity index (χ2v) is 5.12. The zero-order chi connectivity index (χ0) is 16.4. The van der Waals surface area contributed by atoms with Gasteiger partial charge in [-0.25, -0.2) is 9.78 Å². The number of hydrogen-bond acceptors (Lipinski definition) is 5. The number of fused-ring (bicyclic) bond motifs is 1. The van der Waals surface area contributed by atoms with Gasteiger partial charge in [-0.05, 0) is 6.42 Å². The molecular formula is C13H19N5O4. The lowest BCUT2D eigenvalue weighted by Crippen LogP contribution is -2.39. The Kier molecular flexibility index (Phi) is 4.45. The molecule has 0 aliphatic rings. The fourth-order valence-electron chi connectivity index (χ4n) is 2.25. The van der Waals surface area contributed by atoms with Crippen LogP contribution in [0.1, 0.15) is 19.8 Å². The fourth-order valence-corrected chi connectivity index (χ4v) is 2.25. The lowest BCUT2D eigenvalue weighted by Gasteiger charge is -2.12. The van der Waals surface area contributed by atoms with Gasteiger partial charge in [-0.3, -0.25) is 18.7 Å². The lowest BCUT2D eigenvalue weighted by atomic mass is 10.3. The van der Waals surface area contributed by atoms with Crippen LogP contribution >= 0.6 is 0 Å². The second kappa shape index (κ2) is 6.14. The first-order valence-corrected chi connectivity index (χ1v) is 6.95. The molecule has 1 unspecified atom stereocenters. The Hall–Kier alpha value is -2.42. The molecule has 0 radical (unpaired) electrons. The number of hydrogen-bond donors (Lipinski definition) is 2. The van der Waals surface area contributed by atoms with Gasteiger partial charge in [0.2, 0.25) is 5.91 Å². The van der Waals surface area contributed by atoms with Crippen molar-refractivity contribution in [3.05, 3.63) is 27.2 Å². The number of carbonyl (C=O) groups excluding carboxylic acids is 1. The number of aliphatic hydroxyl groups excluding tert-OH is 1. The van der Waals surface area contributed by atoms with Crippen LogP contribution in [-0.2, 0) is 25.4 Å². The Balaban J connectivity index is 2.36. The van der Waals surface area contributed by atoms with E-state index in [1.807, 2.05) is 6.92 Å². The lowest BCUT2D eigenvalue weighted by molar-refractivity contribution is -0.124. The summed E-state index contributed by atoms with van der Waals surface area (Å²) in [6.45, 7) is 1.73. The van der Waals surface area contributed by atoms with E-state index in [9.17, 15) is 19.5 Å². The molecule has 2 rings (SSSR count). The van der Waals surface area contributed by atoms with Crippen LogP contribution in [0.3, 0.4) is 0 Å². The van der Waals surface area contributed by atoms with Crippen LogP contribution in [0.5, 0.6) is 0 Å². The zero-order valence-electron chi connectivity index (χ0n) is 12.7. The molecule has 120 valence electrons. The molecule has 0 aliphatic heterocycles. The van der Waals surface area contributed by atoms with Crippen molar-refractivity contribution in [2.45, 2.75) is 32.5 Å². The summed E-state index contributed by atoms with van der Waals surface area (Å²) >= 11 is 0. The Morgan fingerprint density at radius 3 is 2.68 bits per heavy atom. The third kappa shape index (κ3) is 2.80. The molecular weight excluding hydrogens is 290 g/mol. The number of aliphatic hydroxyl groups is 1. The molecule has 0 saturated carbocycles. The summed E-state index contributed by atoms with van der Waals surface area (Å²) in [5.41, 5.74) is -0.609. The average Bonchev–Trinajstić information content (AvgIpc) is 2.86. The quantitative estimate of drug-likeness (QED) is 0.665. The van der Waals surface area contributed by atoms with Crippen molar-refractivity contribution in [1.82, 2.24) is 24.0 Å². The van der Waals surface area contributed by atoms with Crippen LogP contribution in [0.25, 0.3) is 11.2 Å². The summed E-state index contributed by atoms with van der Waals surface area (Å²) in [5.74, 6) is -0.434. The van der Waals surface area contributed by atoms with Gasteiger partial charge in [-0.2, -0.15) is 0 Å². The van der Waals surface area contributed by atoms with Crippen LogP contribution in [0.4, 0.5) is 0 Å². The molecule has 2 N–H and O–H groups in total. The molecule has 1 atom stereocenters. The number of aromatic nitrogens is 4. The minimum atomic E-state index is -0.917. The van der Waals surface area contributed by atoms with Gasteiger partial charge in [0.15, 0.2) is 11.2 Å². The van der Waals surface area contributed by atoms with Crippen molar-refractivity contribution in [3.8, 4) is 0 Å². The highest BCUT2D eigenvalue weighted by Crippen LogP contribution is 2.05. The zero-order valence-corrected chi connectivity index (χ0v) is 12.7. The van der Waals surface area contributed by atoms with Crippen molar-refractivity contribution < 1.29 is 9.90 Å². The van der Waals surface area contributed by atoms with Crippen LogP contribution in [0.2, 0.25) is 0 Å². The highest BCUT2D eigenvalue weighted by atomic mass is 16.3. The van der Waals surface area contributed by atoms with Gasteiger partial charge in [-0.1, -0.05) is 13.3 Å². The second-order valence-electron chi connectivity index (χ2n) is 5.12. The molecule has 0 aromatic carbocycles. The fraction of sp³-hybridized carbons (Fsp3) is 0.538. The molecule has 1 amide bonds. The smallest absolute Gasteiger partial charge is 0.332 e. The maximum absolute atomic E-state index is 12.2. The van der Waals surface area contributed by atoms with Gasteiger partial charge in [-0.15, -0.1) is 0 Å². The predicted molar refractivity (Wildman–Crippen MR) is 79.3 cm³/mol. The van der Waals surface area contributed by atoms with Crippen LogP contribution < -0.4 is 16.6 Å². The van der Waals surface area contributed by atoms with Crippen molar-refractivity contribution in [2.75, 3.05) is 0 Å². The third-order valence-electron chi connectivity index (χ3n) is 3.42. The SMILES string of the molecule is CCCC(O)NC(=O)Cn1cnc2c1c(=O)n(C)c(=O)n2C. The number of carbonyl (C=O) groups is 1. The first-order valence-electron chi connectivity index (χ1n) is 6.95. The Morgan fingerprint density at radius 1 is 1.36 bits per heavy atom. The van der Waals surface area contributed by atoms with Crippen molar-refractivity contribution in [1.29, 1.82) is 0 Å². The summed E-state index contributed by atoms with van der Waals surface area (Å²) in [6, 6.07) is 0. The summed E-state index contributed by atoms with van der Waals surface area (Å²) in [4.78, 5) is 39.9. The third-order valence-corrected chi connectivity index (χ3v) is 3.42. The van der Waals surface area contributed by atoms with E-state index in [4.69, 9.17) is 0 Å². The van der Waals surface area contributed by atoms with Gasteiger partial charge >= 0.3 is 5.69 Å². The molecule has 9 heteroatoms. The van der Waals surface area contributed by atoms with E-state index in [0.717, 1.165) is 11.0 Å². The van der Waals surface area contributed by atoms with E-state index in [2.05, 4.69) is 10.3 Å². The molecule has 9 nitrogen and oxygen atoms in total. The first kappa shape index (κ1) is 16.0. The average molecular weight is 309 g/mol. The number of nitrogens with one attached hydrogen (secondary N) is 1. The van der Waals surface area contributed by atoms with E-state index >= 15 is 0 Å². The molecule has 2 aromatic heterocycles. The van der Waals surface area contributed by atoms with Crippen molar-refractivity contribution >= 4 is 17.1 Å². The van der Waals surface area contributed by atoms with Crippen LogP contribution in [0.15, 0.2) is 15.9 Å². The van der Waals surface area contributed by atoms with E-state index in [-0.39, 0.29) is 17.7 Å². The predicted octanol–water partition coefficient (Wildman–Crippen LogP) is -1.33. The molecule has 0 aliphatic carbocycles. The minimum Gasteiger partial charge on any atom is -0.374 e. The Labute approximate surface area is 125 Å². The van der Waals surface area contributed by atoms with E-state index < -0.39 is 23.4 Å². The van der Waals surface area contributed by atoms with E-state index in [0.29, 0.717) is 6.42 Å². The number of nitrogens with zero attached hydrogens (tertiary/aromatic N) is 4. The summed E-state index contributed by atoms with van der Waals surface area (Å²) < 4.78 is 3.58. The maximum Gasteiger partial charge on any atom is 0.332 e. The molecule has 2 heterocycles. The first-order chi connectivity index (χ1) is 10.4. The Bertz CT molecular complexity index is 816. The highest BCUT2D eigenvalue weighted by Gasteiger charge is 2.16. The highest BCUT2D eigenvalue weighted by molar-refractivity contribution is 5.78. The molecule has 0 saturated heterocycles. The molecule has 0 fully saturated rings. The van der Waals surface area contributed by atoms with Crippen LogP contribution in [-0.4, -0.2) is 35.9 Å². The van der Waals surface area contributed by atoms with Crippen LogP contribution in [0, 0.1) is 0 Å². The van der Waals surface area contributed by atoms with Gasteiger partial charge in [0.25, 0.3) is 5.56 Å². The summed E-state index contributed by atoms with van der Waals surface area (Å²) in [6.07, 6.45) is 1.60. The van der Waals surface area contributed by atoms with Gasteiger partial charge in [0, 0.05) is 14.1 Å². The molecule has 0 spiro atoms. The molecule has 0 bridgehead atoms. The Morgan fingerprint density at radius 2 is 2.05 bits per heavy atom. The summed E-state index contributed by atoms with van der Waals surface area (Å²) in [7, 11) is 2.87.